The molecule has 6 nitrogen and oxygen atoms in total. The van der Waals surface area contributed by atoms with Crippen LogP contribution in [0.25, 0.3) is 0 Å². The van der Waals surface area contributed by atoms with Gasteiger partial charge in [-0.15, -0.1) is 0 Å². The summed E-state index contributed by atoms with van der Waals surface area (Å²) in [5.41, 5.74) is -3.83. The molecule has 0 radical (unpaired) electrons. The van der Waals surface area contributed by atoms with Crippen LogP contribution in [0.3, 0.4) is 0 Å². The standard InChI is InChI=1S/C19H18F3N3O3S2/c1-25-12-11-23-18(25)17(13-3-5-14(28-2)6-4-13)24-30(26,27)16-9-7-15(8-10-16)29-19(20,21)22/h3-12,17,24H,1-2H3. The predicted octanol–water partition coefficient (Wildman–Crippen LogP) is 4.11. The van der Waals surface area contributed by atoms with Gasteiger partial charge in [0, 0.05) is 24.3 Å². The average molecular weight is 457 g/mol. The van der Waals surface area contributed by atoms with Gasteiger partial charge < -0.3 is 9.30 Å². The lowest BCUT2D eigenvalue weighted by atomic mass is 10.1. The molecule has 0 aliphatic heterocycles. The number of aromatic nitrogens is 2. The van der Waals surface area contributed by atoms with Crippen molar-refractivity contribution in [3.8, 4) is 5.75 Å². The maximum absolute atomic E-state index is 12.9. The van der Waals surface area contributed by atoms with Crippen LogP contribution in [0.5, 0.6) is 5.75 Å². The lowest BCUT2D eigenvalue weighted by Crippen LogP contribution is -2.31. The highest BCUT2D eigenvalue weighted by atomic mass is 32.2. The topological polar surface area (TPSA) is 73.2 Å². The van der Waals surface area contributed by atoms with E-state index in [1.165, 1.54) is 7.11 Å². The Hall–Kier alpha value is -2.50. The molecule has 30 heavy (non-hydrogen) atoms. The lowest BCUT2D eigenvalue weighted by Gasteiger charge is -2.19. The van der Waals surface area contributed by atoms with Crippen LogP contribution in [0.1, 0.15) is 17.4 Å². The first kappa shape index (κ1) is 22.2. The van der Waals surface area contributed by atoms with Crippen LogP contribution in [0.4, 0.5) is 13.2 Å². The summed E-state index contributed by atoms with van der Waals surface area (Å²) in [6.07, 6.45) is 3.23. The summed E-state index contributed by atoms with van der Waals surface area (Å²) < 4.78 is 72.8. The van der Waals surface area contributed by atoms with Crippen molar-refractivity contribution in [3.05, 3.63) is 72.3 Å². The van der Waals surface area contributed by atoms with Gasteiger partial charge in [0.1, 0.15) is 17.6 Å². The van der Waals surface area contributed by atoms with Crippen LogP contribution in [0.15, 0.2) is 70.7 Å². The fourth-order valence-electron chi connectivity index (χ4n) is 2.77. The molecule has 0 aliphatic rings. The van der Waals surface area contributed by atoms with Gasteiger partial charge in [-0.1, -0.05) is 12.1 Å². The van der Waals surface area contributed by atoms with Gasteiger partial charge in [0.05, 0.1) is 12.0 Å². The molecule has 160 valence electrons. The number of nitrogens with zero attached hydrogens (tertiary/aromatic N) is 2. The van der Waals surface area contributed by atoms with Crippen LogP contribution in [-0.4, -0.2) is 30.6 Å². The van der Waals surface area contributed by atoms with Gasteiger partial charge in [0.15, 0.2) is 0 Å². The first-order valence-electron chi connectivity index (χ1n) is 8.58. The Labute approximate surface area is 176 Å². The zero-order valence-electron chi connectivity index (χ0n) is 15.9. The number of ether oxygens (including phenoxy) is 1. The highest BCUT2D eigenvalue weighted by molar-refractivity contribution is 8.00. The van der Waals surface area contributed by atoms with Crippen LogP contribution < -0.4 is 9.46 Å². The molecule has 1 aromatic heterocycles. The zero-order valence-corrected chi connectivity index (χ0v) is 17.6. The Bertz CT molecular complexity index is 1100. The molecule has 0 amide bonds. The third kappa shape index (κ3) is 5.35. The maximum atomic E-state index is 12.9. The first-order chi connectivity index (χ1) is 14.1. The van der Waals surface area contributed by atoms with Crippen molar-refractivity contribution in [2.75, 3.05) is 7.11 Å². The average Bonchev–Trinajstić information content (AvgIpc) is 3.11. The molecule has 11 heteroatoms. The molecule has 0 aliphatic carbocycles. The Morgan fingerprint density at radius 3 is 2.23 bits per heavy atom. The highest BCUT2D eigenvalue weighted by Gasteiger charge is 2.30. The summed E-state index contributed by atoms with van der Waals surface area (Å²) in [5.74, 6) is 1.06. The van der Waals surface area contributed by atoms with Gasteiger partial charge in [0.2, 0.25) is 10.0 Å². The van der Waals surface area contributed by atoms with E-state index in [0.717, 1.165) is 24.3 Å². The van der Waals surface area contributed by atoms with E-state index >= 15 is 0 Å². The first-order valence-corrected chi connectivity index (χ1v) is 10.9. The summed E-state index contributed by atoms with van der Waals surface area (Å²) in [4.78, 5) is 3.99. The largest absolute Gasteiger partial charge is 0.497 e. The van der Waals surface area contributed by atoms with E-state index < -0.39 is 21.6 Å². The van der Waals surface area contributed by atoms with Crippen molar-refractivity contribution in [3.63, 3.8) is 0 Å². The molecule has 0 saturated carbocycles. The minimum atomic E-state index is -4.45. The van der Waals surface area contributed by atoms with Gasteiger partial charge >= 0.3 is 5.51 Å². The van der Waals surface area contributed by atoms with Crippen LogP contribution in [0, 0.1) is 0 Å². The minimum Gasteiger partial charge on any atom is -0.497 e. The lowest BCUT2D eigenvalue weighted by molar-refractivity contribution is -0.0328. The third-order valence-electron chi connectivity index (χ3n) is 4.21. The van der Waals surface area contributed by atoms with E-state index in [-0.39, 0.29) is 21.6 Å². The molecule has 1 N–H and O–H groups in total. The number of halogens is 3. The number of alkyl halides is 3. The van der Waals surface area contributed by atoms with E-state index in [9.17, 15) is 21.6 Å². The Kier molecular flexibility index (Phi) is 6.44. The van der Waals surface area contributed by atoms with Crippen molar-refractivity contribution < 1.29 is 26.3 Å². The van der Waals surface area contributed by atoms with Crippen molar-refractivity contribution in [2.24, 2.45) is 7.05 Å². The van der Waals surface area contributed by atoms with Crippen molar-refractivity contribution in [1.82, 2.24) is 14.3 Å². The molecule has 1 unspecified atom stereocenters. The number of imidazole rings is 1. The minimum absolute atomic E-state index is 0.0998. The Balaban J connectivity index is 1.92. The maximum Gasteiger partial charge on any atom is 0.446 e. The highest BCUT2D eigenvalue weighted by Crippen LogP contribution is 2.37. The molecule has 2 aromatic carbocycles. The number of benzene rings is 2. The van der Waals surface area contributed by atoms with Crippen molar-refractivity contribution in [2.45, 2.75) is 21.3 Å². The number of methoxy groups -OCH3 is 1. The molecule has 1 atom stereocenters. The summed E-state index contributed by atoms with van der Waals surface area (Å²) in [6, 6.07) is 10.5. The zero-order chi connectivity index (χ0) is 21.9. The molecular formula is C19H18F3N3O3S2. The van der Waals surface area contributed by atoms with Gasteiger partial charge in [-0.25, -0.2) is 13.4 Å². The summed E-state index contributed by atoms with van der Waals surface area (Å²) in [7, 11) is -0.797. The quantitative estimate of drug-likeness (QED) is 0.541. The third-order valence-corrected chi connectivity index (χ3v) is 6.38. The summed E-state index contributed by atoms with van der Waals surface area (Å²) in [6.45, 7) is 0. The molecular weight excluding hydrogens is 439 g/mol. The van der Waals surface area contributed by atoms with Crippen LogP contribution in [0.2, 0.25) is 0 Å². The van der Waals surface area contributed by atoms with Crippen LogP contribution in [-0.2, 0) is 17.1 Å². The van der Waals surface area contributed by atoms with E-state index in [0.29, 0.717) is 17.1 Å². The SMILES string of the molecule is COc1ccc(C(NS(=O)(=O)c2ccc(SC(F)(F)F)cc2)c2nccn2C)cc1. The fourth-order valence-corrected chi connectivity index (χ4v) is 4.49. The number of rotatable bonds is 7. The number of nitrogens with one attached hydrogen (secondary N) is 1. The molecule has 0 fully saturated rings. The molecule has 1 heterocycles. The number of thioether (sulfide) groups is 1. The number of sulfonamides is 1. The Morgan fingerprint density at radius 1 is 1.10 bits per heavy atom. The molecule has 0 saturated heterocycles. The number of aryl methyl sites for hydroxylation is 1. The predicted molar refractivity (Wildman–Crippen MR) is 107 cm³/mol. The molecule has 3 aromatic rings. The summed E-state index contributed by atoms with van der Waals surface area (Å²) in [5, 5.41) is 0. The van der Waals surface area contributed by atoms with Gasteiger partial charge in [-0.05, 0) is 53.7 Å². The van der Waals surface area contributed by atoms with Crippen molar-refractivity contribution >= 4 is 21.8 Å². The van der Waals surface area contributed by atoms with E-state index in [2.05, 4.69) is 9.71 Å². The second kappa shape index (κ2) is 8.70. The van der Waals surface area contributed by atoms with Gasteiger partial charge in [-0.2, -0.15) is 17.9 Å². The fraction of sp³-hybridized carbons (Fsp3) is 0.211. The second-order valence-electron chi connectivity index (χ2n) is 6.24. The summed E-state index contributed by atoms with van der Waals surface area (Å²) >= 11 is -0.306. The van der Waals surface area contributed by atoms with Gasteiger partial charge in [0.25, 0.3) is 0 Å². The van der Waals surface area contributed by atoms with E-state index in [1.54, 1.807) is 48.3 Å². The Morgan fingerprint density at radius 2 is 1.73 bits per heavy atom. The molecule has 0 spiro atoms. The van der Waals surface area contributed by atoms with E-state index in [1.807, 2.05) is 0 Å². The smallest absolute Gasteiger partial charge is 0.446 e. The van der Waals surface area contributed by atoms with Crippen molar-refractivity contribution in [1.29, 1.82) is 0 Å². The molecule has 0 bridgehead atoms. The normalized spacial score (nSPS) is 13.2. The van der Waals surface area contributed by atoms with Crippen LogP contribution >= 0.6 is 11.8 Å². The monoisotopic (exact) mass is 457 g/mol. The molecule has 3 rings (SSSR count). The number of hydrogen-bond donors (Lipinski definition) is 1. The van der Waals surface area contributed by atoms with Gasteiger partial charge in [-0.3, -0.25) is 0 Å². The van der Waals surface area contributed by atoms with E-state index in [4.69, 9.17) is 4.74 Å². The second-order valence-corrected chi connectivity index (χ2v) is 9.10. The number of hydrogen-bond acceptors (Lipinski definition) is 5.